The number of nitrogens with one attached hydrogen (secondary N) is 2. The smallest absolute Gasteiger partial charge is 0.234 e. The van der Waals surface area contributed by atoms with E-state index in [1.54, 1.807) is 0 Å². The molecule has 1 saturated heterocycles. The molecule has 7 nitrogen and oxygen atoms in total. The third-order valence-electron chi connectivity index (χ3n) is 4.79. The molecule has 7 heteroatoms. The molecule has 1 heterocycles. The third-order valence-corrected chi connectivity index (χ3v) is 4.79. The maximum absolute atomic E-state index is 12.0. The van der Waals surface area contributed by atoms with Gasteiger partial charge in [-0.05, 0) is 51.3 Å². The van der Waals surface area contributed by atoms with Gasteiger partial charge in [-0.15, -0.1) is 0 Å². The molecule has 3 N–H and O–H groups in total. The normalized spacial score (nSPS) is 15.8. The number of hydrogen-bond donors (Lipinski definition) is 3. The van der Waals surface area contributed by atoms with Crippen LogP contribution in [-0.4, -0.2) is 72.1 Å². The summed E-state index contributed by atoms with van der Waals surface area (Å²) in [5, 5.41) is 16.3. The predicted molar refractivity (Wildman–Crippen MR) is 114 cm³/mol. The van der Waals surface area contributed by atoms with Gasteiger partial charge in [0.25, 0.3) is 0 Å². The van der Waals surface area contributed by atoms with Crippen LogP contribution in [0.25, 0.3) is 0 Å². The van der Waals surface area contributed by atoms with E-state index in [0.29, 0.717) is 18.8 Å². The lowest BCUT2D eigenvalue weighted by Gasteiger charge is -2.36. The van der Waals surface area contributed by atoms with Crippen LogP contribution in [0.1, 0.15) is 37.5 Å². The van der Waals surface area contributed by atoms with E-state index in [4.69, 9.17) is 4.99 Å². The van der Waals surface area contributed by atoms with Crippen LogP contribution in [0.3, 0.4) is 0 Å². The molecule has 0 spiro atoms. The zero-order chi connectivity index (χ0) is 20.7. The molecular weight excluding hydrogens is 354 g/mol. The maximum Gasteiger partial charge on any atom is 0.234 e. The molecule has 0 aromatic heterocycles. The molecule has 1 aromatic rings. The number of aliphatic imine (C=N–C) groups is 1. The number of rotatable bonds is 6. The fourth-order valence-corrected chi connectivity index (χ4v) is 3.42. The molecule has 156 valence electrons. The lowest BCUT2D eigenvalue weighted by molar-refractivity contribution is -0.123. The van der Waals surface area contributed by atoms with E-state index in [2.05, 4.69) is 27.4 Å². The fourth-order valence-electron chi connectivity index (χ4n) is 3.42. The molecule has 0 atom stereocenters. The van der Waals surface area contributed by atoms with E-state index >= 15 is 0 Å². The largest absolute Gasteiger partial charge is 0.507 e. The molecule has 0 unspecified atom stereocenters. The average Bonchev–Trinajstić information content (AvgIpc) is 2.63. The summed E-state index contributed by atoms with van der Waals surface area (Å²) in [4.78, 5) is 21.2. The predicted octanol–water partition coefficient (Wildman–Crippen LogP) is 1.62. The number of guanidine groups is 1. The van der Waals surface area contributed by atoms with E-state index in [9.17, 15) is 9.90 Å². The van der Waals surface area contributed by atoms with Crippen molar-refractivity contribution in [3.8, 4) is 5.75 Å². The highest BCUT2D eigenvalue weighted by Crippen LogP contribution is 2.23. The number of piperazine rings is 1. The van der Waals surface area contributed by atoms with Crippen molar-refractivity contribution in [2.75, 3.05) is 39.3 Å². The number of phenolic OH excluding ortho intramolecular Hbond substituents is 1. The van der Waals surface area contributed by atoms with Crippen molar-refractivity contribution in [2.45, 2.75) is 47.2 Å². The minimum absolute atomic E-state index is 0.0853. The quantitative estimate of drug-likeness (QED) is 0.509. The summed E-state index contributed by atoms with van der Waals surface area (Å²) in [6, 6.07) is 4.15. The van der Waals surface area contributed by atoms with Crippen LogP contribution < -0.4 is 10.6 Å². The van der Waals surface area contributed by atoms with Crippen molar-refractivity contribution >= 4 is 11.9 Å². The first-order valence-corrected chi connectivity index (χ1v) is 10.1. The molecule has 1 aliphatic heterocycles. The highest BCUT2D eigenvalue weighted by atomic mass is 16.3. The van der Waals surface area contributed by atoms with Crippen LogP contribution in [0, 0.1) is 13.8 Å². The summed E-state index contributed by atoms with van der Waals surface area (Å²) in [5.41, 5.74) is 2.85. The molecular formula is C21H35N5O2. The molecule has 0 saturated carbocycles. The van der Waals surface area contributed by atoms with Gasteiger partial charge in [0.2, 0.25) is 5.91 Å². The number of amides is 1. The van der Waals surface area contributed by atoms with Gasteiger partial charge in [-0.3, -0.25) is 9.69 Å². The Morgan fingerprint density at radius 2 is 1.79 bits per heavy atom. The Morgan fingerprint density at radius 1 is 1.18 bits per heavy atom. The van der Waals surface area contributed by atoms with E-state index in [1.807, 2.05) is 39.8 Å². The Morgan fingerprint density at radius 3 is 2.32 bits per heavy atom. The Kier molecular flexibility index (Phi) is 8.11. The van der Waals surface area contributed by atoms with Crippen LogP contribution in [0.15, 0.2) is 17.1 Å². The van der Waals surface area contributed by atoms with E-state index in [-0.39, 0.29) is 11.9 Å². The van der Waals surface area contributed by atoms with Gasteiger partial charge in [0.1, 0.15) is 5.75 Å². The lowest BCUT2D eigenvalue weighted by atomic mass is 10.1. The number of aryl methyl sites for hydroxylation is 2. The molecule has 2 rings (SSSR count). The first-order chi connectivity index (χ1) is 13.3. The highest BCUT2D eigenvalue weighted by molar-refractivity contribution is 5.80. The monoisotopic (exact) mass is 389 g/mol. The number of phenols is 1. The van der Waals surface area contributed by atoms with Crippen LogP contribution in [0.5, 0.6) is 5.75 Å². The van der Waals surface area contributed by atoms with Gasteiger partial charge >= 0.3 is 0 Å². The number of carbonyl (C=O) groups excluding carboxylic acids is 1. The summed E-state index contributed by atoms with van der Waals surface area (Å²) < 4.78 is 0. The van der Waals surface area contributed by atoms with E-state index < -0.39 is 0 Å². The second-order valence-corrected chi connectivity index (χ2v) is 7.73. The zero-order valence-corrected chi connectivity index (χ0v) is 17.9. The summed E-state index contributed by atoms with van der Waals surface area (Å²) in [6.45, 7) is 15.0. The summed E-state index contributed by atoms with van der Waals surface area (Å²) in [6.07, 6.45) is 0. The van der Waals surface area contributed by atoms with Gasteiger partial charge in [-0.1, -0.05) is 12.1 Å². The summed E-state index contributed by atoms with van der Waals surface area (Å²) in [5.74, 6) is 1.34. The molecule has 1 aromatic carbocycles. The Hall–Kier alpha value is -2.28. The Labute approximate surface area is 168 Å². The highest BCUT2D eigenvalue weighted by Gasteiger charge is 2.21. The summed E-state index contributed by atoms with van der Waals surface area (Å²) in [7, 11) is 0. The van der Waals surface area contributed by atoms with Crippen molar-refractivity contribution < 1.29 is 9.90 Å². The van der Waals surface area contributed by atoms with Gasteiger partial charge in [0, 0.05) is 38.8 Å². The molecule has 0 radical (unpaired) electrons. The van der Waals surface area contributed by atoms with Crippen molar-refractivity contribution in [3.05, 3.63) is 28.8 Å². The van der Waals surface area contributed by atoms with Gasteiger partial charge in [-0.2, -0.15) is 0 Å². The number of benzene rings is 1. The topological polar surface area (TPSA) is 80.2 Å². The SMILES string of the molecule is CCNC(=NCc1cc(C)c(O)c(C)c1)N1CCN(CC(=O)NC(C)C)CC1. The van der Waals surface area contributed by atoms with Crippen molar-refractivity contribution in [2.24, 2.45) is 4.99 Å². The van der Waals surface area contributed by atoms with Gasteiger partial charge < -0.3 is 20.6 Å². The van der Waals surface area contributed by atoms with E-state index in [0.717, 1.165) is 55.4 Å². The van der Waals surface area contributed by atoms with Crippen LogP contribution in [-0.2, 0) is 11.3 Å². The molecule has 28 heavy (non-hydrogen) atoms. The number of aromatic hydroxyl groups is 1. The van der Waals surface area contributed by atoms with E-state index in [1.165, 1.54) is 0 Å². The second-order valence-electron chi connectivity index (χ2n) is 7.73. The fraction of sp³-hybridized carbons (Fsp3) is 0.619. The standard InChI is InChI=1S/C21H35N5O2/c1-6-22-21(23-13-18-11-16(4)20(28)17(5)12-18)26-9-7-25(8-10-26)14-19(27)24-15(2)3/h11-12,15,28H,6-10,13-14H2,1-5H3,(H,22,23)(H,24,27). The number of carbonyl (C=O) groups is 1. The molecule has 1 fully saturated rings. The Balaban J connectivity index is 1.95. The number of nitrogens with zero attached hydrogens (tertiary/aromatic N) is 3. The minimum Gasteiger partial charge on any atom is -0.507 e. The first-order valence-electron chi connectivity index (χ1n) is 10.1. The molecule has 0 aliphatic carbocycles. The van der Waals surface area contributed by atoms with Gasteiger partial charge in [0.05, 0.1) is 13.1 Å². The van der Waals surface area contributed by atoms with Crippen molar-refractivity contribution in [1.29, 1.82) is 0 Å². The van der Waals surface area contributed by atoms with Crippen LogP contribution in [0.2, 0.25) is 0 Å². The summed E-state index contributed by atoms with van der Waals surface area (Å²) >= 11 is 0. The molecule has 1 aliphatic rings. The zero-order valence-electron chi connectivity index (χ0n) is 17.9. The third kappa shape index (κ3) is 6.41. The van der Waals surface area contributed by atoms with Crippen molar-refractivity contribution in [1.82, 2.24) is 20.4 Å². The van der Waals surface area contributed by atoms with Crippen molar-refractivity contribution in [3.63, 3.8) is 0 Å². The average molecular weight is 390 g/mol. The van der Waals surface area contributed by atoms with Gasteiger partial charge in [0.15, 0.2) is 5.96 Å². The first kappa shape index (κ1) is 22.0. The molecule has 1 amide bonds. The van der Waals surface area contributed by atoms with Crippen LogP contribution in [0.4, 0.5) is 0 Å². The van der Waals surface area contributed by atoms with Crippen LogP contribution >= 0.6 is 0 Å². The van der Waals surface area contributed by atoms with Gasteiger partial charge in [-0.25, -0.2) is 4.99 Å². The molecule has 0 bridgehead atoms. The Bertz CT molecular complexity index is 671. The number of hydrogen-bond acceptors (Lipinski definition) is 4. The maximum atomic E-state index is 12.0. The lowest BCUT2D eigenvalue weighted by Crippen LogP contribution is -2.54. The second kappa shape index (κ2) is 10.3. The minimum atomic E-state index is 0.0853.